The zero-order valence-electron chi connectivity index (χ0n) is 16.3. The molecule has 1 saturated heterocycles. The number of ketones is 1. The summed E-state index contributed by atoms with van der Waals surface area (Å²) >= 11 is 0. The van der Waals surface area contributed by atoms with Gasteiger partial charge in [-0.15, -0.1) is 0 Å². The molecule has 0 unspecified atom stereocenters. The maximum atomic E-state index is 12.7. The molecule has 2 bridgehead atoms. The number of likely N-dealkylation sites (tertiary alicyclic amines) is 1. The molecule has 2 aliphatic heterocycles. The van der Waals surface area contributed by atoms with E-state index in [0.29, 0.717) is 18.6 Å². The van der Waals surface area contributed by atoms with Crippen molar-refractivity contribution in [2.24, 2.45) is 5.92 Å². The number of hydrogen-bond acceptors (Lipinski definition) is 8. The monoisotopic (exact) mass is 438 g/mol. The number of phenols is 1. The predicted molar refractivity (Wildman–Crippen MR) is 102 cm³/mol. The van der Waals surface area contributed by atoms with Crippen molar-refractivity contribution < 1.29 is 37.3 Å². The molecule has 1 aromatic carbocycles. The molecule has 1 spiro atoms. The largest absolute Gasteiger partial charge is 0.726 e. The number of aromatic hydroxyl groups is 1. The van der Waals surface area contributed by atoms with Crippen LogP contribution in [0.5, 0.6) is 11.5 Å². The van der Waals surface area contributed by atoms with Crippen LogP contribution in [0, 0.1) is 5.92 Å². The molecule has 0 amide bonds. The minimum atomic E-state index is -4.92. The topological polar surface area (TPSA) is 147 Å². The van der Waals surface area contributed by atoms with Crippen LogP contribution in [0.2, 0.25) is 0 Å². The Bertz CT molecular complexity index is 1010. The molecule has 2 heterocycles. The van der Waals surface area contributed by atoms with Gasteiger partial charge in [-0.2, -0.15) is 0 Å². The van der Waals surface area contributed by atoms with Crippen LogP contribution in [-0.2, 0) is 27.0 Å². The number of Topliss-reactive ketones (excluding diaryl/α,β-unsaturated/α-hetero) is 1. The second kappa shape index (κ2) is 6.39. The highest BCUT2D eigenvalue weighted by Gasteiger charge is 2.73. The Balaban J connectivity index is 0.000000349. The number of carbonyl (C=O) groups excluding carboxylic acids is 1. The Morgan fingerprint density at radius 2 is 1.97 bits per heavy atom. The van der Waals surface area contributed by atoms with Gasteiger partial charge in [0.05, 0.1) is 11.0 Å². The minimum Gasteiger partial charge on any atom is -0.726 e. The summed E-state index contributed by atoms with van der Waals surface area (Å²) in [5.74, 6) is 1.39. The van der Waals surface area contributed by atoms with Gasteiger partial charge in [-0.1, -0.05) is 6.07 Å². The smallest absolute Gasteiger partial charge is 0.215 e. The van der Waals surface area contributed by atoms with Gasteiger partial charge in [0.15, 0.2) is 23.4 Å². The van der Waals surface area contributed by atoms with Crippen LogP contribution in [0.1, 0.15) is 43.2 Å². The summed E-state index contributed by atoms with van der Waals surface area (Å²) < 4.78 is 38.9. The summed E-state index contributed by atoms with van der Waals surface area (Å²) in [7, 11) is -4.92. The first kappa shape index (κ1) is 20.2. The maximum Gasteiger partial charge on any atom is 0.215 e. The summed E-state index contributed by atoms with van der Waals surface area (Å²) in [4.78, 5) is 15.2. The van der Waals surface area contributed by atoms with Gasteiger partial charge in [-0.25, -0.2) is 8.42 Å². The van der Waals surface area contributed by atoms with Crippen molar-refractivity contribution in [2.45, 2.75) is 61.7 Å². The molecular formula is C20H24NO8S-. The highest BCUT2D eigenvalue weighted by Crippen LogP contribution is 2.64. The van der Waals surface area contributed by atoms with E-state index in [2.05, 4.69) is 4.90 Å². The average molecular weight is 438 g/mol. The minimum absolute atomic E-state index is 0.0454. The first-order chi connectivity index (χ1) is 14.0. The van der Waals surface area contributed by atoms with E-state index in [9.17, 15) is 15.0 Å². The van der Waals surface area contributed by atoms with E-state index in [1.807, 2.05) is 6.07 Å². The molecule has 3 fully saturated rings. The summed E-state index contributed by atoms with van der Waals surface area (Å²) in [6, 6.07) is 3.69. The van der Waals surface area contributed by atoms with Crippen molar-refractivity contribution in [2.75, 3.05) is 13.1 Å². The second-order valence-electron chi connectivity index (χ2n) is 9.14. The molecule has 3 aliphatic carbocycles. The third-order valence-electron chi connectivity index (χ3n) is 7.56. The number of carbonyl (C=O) groups is 1. The van der Waals surface area contributed by atoms with Crippen molar-refractivity contribution in [3.05, 3.63) is 23.3 Å². The number of piperidine rings is 1. The molecule has 3 N–H and O–H groups in total. The quantitative estimate of drug-likeness (QED) is 0.444. The predicted octanol–water partition coefficient (Wildman–Crippen LogP) is 0.530. The molecule has 5 aliphatic rings. The normalized spacial score (nSPS) is 36.4. The summed E-state index contributed by atoms with van der Waals surface area (Å²) in [5.41, 5.74) is 0.454. The van der Waals surface area contributed by atoms with Gasteiger partial charge in [0.1, 0.15) is 0 Å². The first-order valence-corrected chi connectivity index (χ1v) is 11.6. The Kier molecular flexibility index (Phi) is 4.31. The van der Waals surface area contributed by atoms with Crippen LogP contribution in [0.4, 0.5) is 0 Å². The van der Waals surface area contributed by atoms with E-state index in [-0.39, 0.29) is 17.6 Å². The van der Waals surface area contributed by atoms with E-state index < -0.39 is 27.5 Å². The van der Waals surface area contributed by atoms with Crippen LogP contribution >= 0.6 is 0 Å². The van der Waals surface area contributed by atoms with Gasteiger partial charge in [-0.05, 0) is 56.2 Å². The van der Waals surface area contributed by atoms with Crippen LogP contribution in [0.25, 0.3) is 0 Å². The lowest BCUT2D eigenvalue weighted by atomic mass is 9.49. The Labute approximate surface area is 174 Å². The molecule has 0 aromatic heterocycles. The lowest BCUT2D eigenvalue weighted by Crippen LogP contribution is -2.76. The fourth-order valence-corrected chi connectivity index (χ4v) is 6.26. The Morgan fingerprint density at radius 1 is 1.27 bits per heavy atom. The lowest BCUT2D eigenvalue weighted by molar-refractivity contribution is -0.188. The maximum absolute atomic E-state index is 12.7. The molecule has 10 heteroatoms. The molecule has 0 radical (unpaired) electrons. The van der Waals surface area contributed by atoms with Crippen molar-refractivity contribution in [1.29, 1.82) is 0 Å². The van der Waals surface area contributed by atoms with E-state index in [4.69, 9.17) is 22.3 Å². The van der Waals surface area contributed by atoms with Gasteiger partial charge in [0, 0.05) is 24.6 Å². The molecule has 164 valence electrons. The van der Waals surface area contributed by atoms with Crippen molar-refractivity contribution >= 4 is 16.2 Å². The zero-order valence-corrected chi connectivity index (χ0v) is 17.1. The standard InChI is InChI=1S/C20H23NO4.H2O4S/c22-13-4-3-12-9-15-20(24)6-5-14(23)18-19(20,16(12)17(13)25-18)7-8-21(15)10-11-1-2-11;1-5(2,3)4/h3-4,11,15,18,22,24H,1-2,5-10H2;(H2,1,2,3,4)/p-1/t15-,18+,19+,20-;/m1./s1. The number of hydrogen-bond donors (Lipinski definition) is 3. The van der Waals surface area contributed by atoms with E-state index in [1.165, 1.54) is 12.8 Å². The number of rotatable bonds is 2. The van der Waals surface area contributed by atoms with E-state index in [1.54, 1.807) is 6.07 Å². The molecule has 30 heavy (non-hydrogen) atoms. The lowest BCUT2D eigenvalue weighted by Gasteiger charge is -2.62. The van der Waals surface area contributed by atoms with Gasteiger partial charge < -0.3 is 19.5 Å². The molecule has 9 nitrogen and oxygen atoms in total. The van der Waals surface area contributed by atoms with Crippen molar-refractivity contribution in [3.63, 3.8) is 0 Å². The van der Waals surface area contributed by atoms with Crippen LogP contribution in [0.15, 0.2) is 12.1 Å². The SMILES string of the molecule is O=C1CC[C@@]2(O)[C@H]3Cc4ccc(O)c5c4[C@@]2(CCN3CC2CC2)[C@H]1O5.O=S(=O)([O-])O. The van der Waals surface area contributed by atoms with Crippen LogP contribution < -0.4 is 4.74 Å². The number of aliphatic hydroxyl groups is 1. The molecule has 1 aromatic rings. The fraction of sp³-hybridized carbons (Fsp3) is 0.650. The van der Waals surface area contributed by atoms with Gasteiger partial charge in [0.25, 0.3) is 0 Å². The van der Waals surface area contributed by atoms with Crippen molar-refractivity contribution in [3.8, 4) is 11.5 Å². The number of benzene rings is 1. The number of nitrogens with zero attached hydrogens (tertiary/aromatic N) is 1. The third-order valence-corrected chi connectivity index (χ3v) is 7.56. The Morgan fingerprint density at radius 3 is 2.63 bits per heavy atom. The van der Waals surface area contributed by atoms with Gasteiger partial charge >= 0.3 is 0 Å². The van der Waals surface area contributed by atoms with Crippen molar-refractivity contribution in [1.82, 2.24) is 4.90 Å². The Hall–Kier alpha value is -1.72. The molecule has 6 rings (SSSR count). The summed E-state index contributed by atoms with van der Waals surface area (Å²) in [6.07, 6.45) is 4.33. The van der Waals surface area contributed by atoms with Gasteiger partial charge in [-0.3, -0.25) is 14.2 Å². The third kappa shape index (κ3) is 2.81. The number of phenolic OH excluding ortho intramolecular Hbond substituents is 1. The summed E-state index contributed by atoms with van der Waals surface area (Å²) in [6.45, 7) is 1.95. The van der Waals surface area contributed by atoms with Crippen LogP contribution in [0.3, 0.4) is 0 Å². The second-order valence-corrected chi connectivity index (χ2v) is 10.00. The van der Waals surface area contributed by atoms with Gasteiger partial charge in [0.2, 0.25) is 10.4 Å². The number of ether oxygens (including phenoxy) is 1. The van der Waals surface area contributed by atoms with E-state index in [0.717, 1.165) is 43.0 Å². The average Bonchev–Trinajstić information content (AvgIpc) is 3.38. The summed E-state index contributed by atoms with van der Waals surface area (Å²) in [5, 5.41) is 22.3. The molecule has 4 atom stereocenters. The molecule has 2 saturated carbocycles. The highest BCUT2D eigenvalue weighted by atomic mass is 32.3. The molecular weight excluding hydrogens is 414 g/mol. The highest BCUT2D eigenvalue weighted by molar-refractivity contribution is 7.79. The fourth-order valence-electron chi connectivity index (χ4n) is 6.26. The first-order valence-electron chi connectivity index (χ1n) is 10.2. The van der Waals surface area contributed by atoms with E-state index >= 15 is 0 Å². The zero-order chi connectivity index (χ0) is 21.5. The van der Waals surface area contributed by atoms with Crippen LogP contribution in [-0.4, -0.2) is 69.3 Å².